The van der Waals surface area contributed by atoms with Crippen molar-refractivity contribution in [2.75, 3.05) is 4.72 Å². The van der Waals surface area contributed by atoms with Crippen LogP contribution in [0.15, 0.2) is 69.5 Å². The molecule has 0 amide bonds. The van der Waals surface area contributed by atoms with Gasteiger partial charge in [-0.25, -0.2) is 18.4 Å². The highest BCUT2D eigenvalue weighted by Crippen LogP contribution is 2.26. The SMILES string of the molecule is Cc1nc(-c2ccc(S(=O)(=O)Nc3cccc(-c4csc(C)n4)c3)cc2)co1. The van der Waals surface area contributed by atoms with Gasteiger partial charge in [0, 0.05) is 29.1 Å². The highest BCUT2D eigenvalue weighted by Gasteiger charge is 2.15. The van der Waals surface area contributed by atoms with Crippen molar-refractivity contribution in [2.45, 2.75) is 18.7 Å². The molecule has 8 heteroatoms. The van der Waals surface area contributed by atoms with E-state index in [1.54, 1.807) is 67.0 Å². The first-order chi connectivity index (χ1) is 13.4. The first-order valence-corrected chi connectivity index (χ1v) is 10.8. The zero-order valence-electron chi connectivity index (χ0n) is 15.2. The fraction of sp³-hybridized carbons (Fsp3) is 0.100. The van der Waals surface area contributed by atoms with Crippen molar-refractivity contribution >= 4 is 27.0 Å². The maximum Gasteiger partial charge on any atom is 0.261 e. The number of thiazole rings is 1. The lowest BCUT2D eigenvalue weighted by Crippen LogP contribution is -2.12. The summed E-state index contributed by atoms with van der Waals surface area (Å²) < 4.78 is 33.3. The molecule has 2 aromatic carbocycles. The molecule has 0 atom stereocenters. The Morgan fingerprint density at radius 2 is 1.75 bits per heavy atom. The Balaban J connectivity index is 1.57. The minimum absolute atomic E-state index is 0.173. The Bertz CT molecular complexity index is 1230. The Labute approximate surface area is 167 Å². The van der Waals surface area contributed by atoms with Gasteiger partial charge in [0.2, 0.25) is 0 Å². The second kappa shape index (κ2) is 7.21. The standard InChI is InChI=1S/C20H17N3O3S2/c1-13-21-19(11-26-13)15-6-8-18(9-7-15)28(24,25)23-17-5-3-4-16(10-17)20-12-27-14(2)22-20/h3-12,23H,1-2H3. The van der Waals surface area contributed by atoms with E-state index in [2.05, 4.69) is 14.7 Å². The van der Waals surface area contributed by atoms with Crippen LogP contribution >= 0.6 is 11.3 Å². The maximum atomic E-state index is 12.7. The van der Waals surface area contributed by atoms with Crippen molar-refractivity contribution in [3.63, 3.8) is 0 Å². The van der Waals surface area contributed by atoms with Gasteiger partial charge in [0.05, 0.1) is 15.6 Å². The highest BCUT2D eigenvalue weighted by molar-refractivity contribution is 7.92. The molecular formula is C20H17N3O3S2. The summed E-state index contributed by atoms with van der Waals surface area (Å²) in [5.74, 6) is 0.559. The average molecular weight is 412 g/mol. The lowest BCUT2D eigenvalue weighted by Gasteiger charge is -2.09. The number of oxazole rings is 1. The van der Waals surface area contributed by atoms with Crippen molar-refractivity contribution in [1.29, 1.82) is 0 Å². The van der Waals surface area contributed by atoms with E-state index in [0.29, 0.717) is 17.3 Å². The normalized spacial score (nSPS) is 11.5. The van der Waals surface area contributed by atoms with Gasteiger partial charge in [-0.1, -0.05) is 24.3 Å². The molecule has 0 aliphatic carbocycles. The van der Waals surface area contributed by atoms with Crippen LogP contribution in [-0.4, -0.2) is 18.4 Å². The summed E-state index contributed by atoms with van der Waals surface area (Å²) >= 11 is 1.55. The molecule has 142 valence electrons. The number of rotatable bonds is 5. The second-order valence-electron chi connectivity index (χ2n) is 6.21. The largest absolute Gasteiger partial charge is 0.449 e. The zero-order chi connectivity index (χ0) is 19.7. The van der Waals surface area contributed by atoms with Gasteiger partial charge in [0.25, 0.3) is 10.0 Å². The molecule has 28 heavy (non-hydrogen) atoms. The minimum Gasteiger partial charge on any atom is -0.449 e. The van der Waals surface area contributed by atoms with Crippen LogP contribution in [0.4, 0.5) is 5.69 Å². The number of benzene rings is 2. The lowest BCUT2D eigenvalue weighted by molar-refractivity contribution is 0.521. The molecule has 0 aliphatic rings. The van der Waals surface area contributed by atoms with Gasteiger partial charge in [-0.3, -0.25) is 4.72 Å². The fourth-order valence-electron chi connectivity index (χ4n) is 2.75. The summed E-state index contributed by atoms with van der Waals surface area (Å²) in [5.41, 5.74) is 3.63. The van der Waals surface area contributed by atoms with E-state index in [9.17, 15) is 8.42 Å². The molecule has 4 aromatic rings. The van der Waals surface area contributed by atoms with Gasteiger partial charge >= 0.3 is 0 Å². The monoisotopic (exact) mass is 411 g/mol. The molecule has 0 aliphatic heterocycles. The van der Waals surface area contributed by atoms with Crippen molar-refractivity contribution in [3.8, 4) is 22.5 Å². The highest BCUT2D eigenvalue weighted by atomic mass is 32.2. The van der Waals surface area contributed by atoms with Crippen molar-refractivity contribution in [2.24, 2.45) is 0 Å². The Morgan fingerprint density at radius 1 is 0.964 bits per heavy atom. The molecule has 4 rings (SSSR count). The number of nitrogens with one attached hydrogen (secondary N) is 1. The second-order valence-corrected chi connectivity index (χ2v) is 8.96. The number of hydrogen-bond acceptors (Lipinski definition) is 6. The average Bonchev–Trinajstić information content (AvgIpc) is 3.30. The van der Waals surface area contributed by atoms with Gasteiger partial charge in [-0.2, -0.15) is 0 Å². The number of nitrogens with zero attached hydrogens (tertiary/aromatic N) is 2. The molecule has 0 fully saturated rings. The predicted molar refractivity (Wildman–Crippen MR) is 110 cm³/mol. The van der Waals surface area contributed by atoms with Crippen LogP contribution in [0.25, 0.3) is 22.5 Å². The molecule has 0 bridgehead atoms. The number of aromatic nitrogens is 2. The van der Waals surface area contributed by atoms with Crippen molar-refractivity contribution in [3.05, 3.63) is 71.1 Å². The van der Waals surface area contributed by atoms with Crippen LogP contribution in [0, 0.1) is 13.8 Å². The van der Waals surface area contributed by atoms with Crippen LogP contribution in [0.5, 0.6) is 0 Å². The molecule has 6 nitrogen and oxygen atoms in total. The fourth-order valence-corrected chi connectivity index (χ4v) is 4.42. The smallest absolute Gasteiger partial charge is 0.261 e. The van der Waals surface area contributed by atoms with E-state index in [4.69, 9.17) is 4.42 Å². The van der Waals surface area contributed by atoms with Gasteiger partial charge in [0.1, 0.15) is 12.0 Å². The van der Waals surface area contributed by atoms with E-state index in [0.717, 1.165) is 21.8 Å². The third-order valence-electron chi connectivity index (χ3n) is 4.11. The van der Waals surface area contributed by atoms with E-state index in [1.807, 2.05) is 18.4 Å². The number of anilines is 1. The quantitative estimate of drug-likeness (QED) is 0.506. The molecule has 0 radical (unpaired) electrons. The van der Waals surface area contributed by atoms with E-state index < -0.39 is 10.0 Å². The predicted octanol–water partition coefficient (Wildman–Crippen LogP) is 4.88. The molecular weight excluding hydrogens is 394 g/mol. The summed E-state index contributed by atoms with van der Waals surface area (Å²) in [6.07, 6.45) is 1.54. The van der Waals surface area contributed by atoms with Gasteiger partial charge in [0.15, 0.2) is 5.89 Å². The Kier molecular flexibility index (Phi) is 4.74. The minimum atomic E-state index is -3.71. The maximum absolute atomic E-state index is 12.7. The van der Waals surface area contributed by atoms with Crippen LogP contribution in [0.1, 0.15) is 10.9 Å². The summed E-state index contributed by atoms with van der Waals surface area (Å²) in [5, 5.41) is 2.91. The number of sulfonamides is 1. The van der Waals surface area contributed by atoms with Crippen molar-refractivity contribution < 1.29 is 12.8 Å². The Hall–Kier alpha value is -2.97. The zero-order valence-corrected chi connectivity index (χ0v) is 16.8. The van der Waals surface area contributed by atoms with Crippen LogP contribution < -0.4 is 4.72 Å². The number of hydrogen-bond donors (Lipinski definition) is 1. The van der Waals surface area contributed by atoms with E-state index in [1.165, 1.54) is 0 Å². The topological polar surface area (TPSA) is 85.1 Å². The van der Waals surface area contributed by atoms with Gasteiger partial charge in [-0.15, -0.1) is 11.3 Å². The molecule has 0 spiro atoms. The first-order valence-electron chi connectivity index (χ1n) is 8.49. The summed E-state index contributed by atoms with van der Waals surface area (Å²) in [4.78, 5) is 8.86. The van der Waals surface area contributed by atoms with E-state index in [-0.39, 0.29) is 4.90 Å². The third-order valence-corrected chi connectivity index (χ3v) is 6.28. The lowest BCUT2D eigenvalue weighted by atomic mass is 10.1. The summed E-state index contributed by atoms with van der Waals surface area (Å²) in [7, 11) is -3.71. The Morgan fingerprint density at radius 3 is 2.39 bits per heavy atom. The molecule has 0 saturated carbocycles. The third kappa shape index (κ3) is 3.83. The number of aryl methyl sites for hydroxylation is 2. The molecule has 2 aromatic heterocycles. The summed E-state index contributed by atoms with van der Waals surface area (Å²) in [6.45, 7) is 3.69. The molecule has 0 unspecified atom stereocenters. The molecule has 2 heterocycles. The van der Waals surface area contributed by atoms with Crippen molar-refractivity contribution in [1.82, 2.24) is 9.97 Å². The van der Waals surface area contributed by atoms with Gasteiger partial charge in [-0.05, 0) is 31.2 Å². The summed E-state index contributed by atoms with van der Waals surface area (Å²) in [6, 6.07) is 13.7. The van der Waals surface area contributed by atoms with Gasteiger partial charge < -0.3 is 4.42 Å². The molecule has 1 N–H and O–H groups in total. The van der Waals surface area contributed by atoms with Crippen LogP contribution in [0.3, 0.4) is 0 Å². The molecule has 0 saturated heterocycles. The van der Waals surface area contributed by atoms with Crippen LogP contribution in [-0.2, 0) is 10.0 Å². The van der Waals surface area contributed by atoms with Crippen LogP contribution in [0.2, 0.25) is 0 Å². The first kappa shape index (κ1) is 18.4. The van der Waals surface area contributed by atoms with E-state index >= 15 is 0 Å².